The standard InChI is InChI=1S/C29H51NO6Si.C25H39NO7.C23H37NO6.C18H27N3O4/c1-21(10-13-24-16-29(20-34-29)19-28(6,7)35-24)11-15-26-32-17-23(18-33-26)30-25(31)14-12-22(2)36-37(8,9)27(3,4)5;1-17(6-9-21-12-25(16-31-25)15-24(4,5)33-21)7-11-23-29-13-20(14-30-23)26-22(28)10-8-18(2)32-19(3)27;1-16(5-8-19-11-23(15-29-23)14-22(3,4)30-19)6-10-21-27-12-18(13-28-21)24-20(26)9-7-17(2)25;1-13(5-7-16-22-9-14(10-23-16)20-21-19)4-6-15-8-18(12-24-18)11-17(2,3)25-15/h10-11,13,22-24,26H,12,14-20H2,1-9H3,(H,30,31);6-7,9,18,20-21,23H,8,10-16H2,1-5H3,(H,26,28);5-6,8,17-19,21,25H,7,9-15H2,1-4H3,(H,24,26);4-6,14-16H,7-12H2,1-3H3/b13-10+,21-11+;9-6+,17-7+;8-5+,16-6+;6-4+,13-5+/t22-,23?,24+,26?,29+;18-,20?,21+,23?,25+;17-,18?,19+,21?,23+;14?,15-,16?,18-/m0001/s1. The number of rotatable bonds is 32. The number of aliphatic hydroxyl groups is 1. The Bertz CT molecular complexity index is 3740. The second-order valence-corrected chi connectivity index (χ2v) is 45.6. The number of carbonyl (C=O) groups excluding carboxylic acids is 4. The summed E-state index contributed by atoms with van der Waals surface area (Å²) in [5, 5.41) is 21.9. The van der Waals surface area contributed by atoms with Gasteiger partial charge in [0.15, 0.2) is 33.5 Å². The number of carbonyl (C=O) groups is 4. The molecule has 0 aliphatic carbocycles. The molecule has 12 aliphatic heterocycles. The molecule has 12 rings (SSSR count). The number of nitrogens with zero attached hydrogens (tertiary/aromatic N) is 3. The van der Waals surface area contributed by atoms with E-state index in [4.69, 9.17) is 90.5 Å². The minimum absolute atomic E-state index is 0.0185. The van der Waals surface area contributed by atoms with Crippen LogP contribution in [0.5, 0.6) is 0 Å². The molecule has 4 N–H and O–H groups in total. The van der Waals surface area contributed by atoms with Gasteiger partial charge in [-0.05, 0) is 147 Å². The lowest BCUT2D eigenvalue weighted by atomic mass is 9.85. The lowest BCUT2D eigenvalue weighted by Gasteiger charge is -2.38. The number of nitrogens with one attached hydrogen (secondary N) is 3. The van der Waals surface area contributed by atoms with Gasteiger partial charge in [0.25, 0.3) is 0 Å². The maximum atomic E-state index is 12.5. The normalized spacial score (nSPS) is 33.8. The predicted molar refractivity (Wildman–Crippen MR) is 477 cm³/mol. The molecule has 706 valence electrons. The fourth-order valence-electron chi connectivity index (χ4n) is 17.1. The first-order chi connectivity index (χ1) is 58.7. The molecule has 3 amide bonds. The van der Waals surface area contributed by atoms with Crippen LogP contribution in [0.4, 0.5) is 0 Å². The molecule has 29 nitrogen and oxygen atoms in total. The average molecular weight is 1780 g/mol. The lowest BCUT2D eigenvalue weighted by Crippen LogP contribution is -2.47. The van der Waals surface area contributed by atoms with Crippen molar-refractivity contribution >= 4 is 32.0 Å². The van der Waals surface area contributed by atoms with Crippen molar-refractivity contribution in [3.8, 4) is 0 Å². The van der Waals surface area contributed by atoms with E-state index >= 15 is 0 Å². The molecule has 30 heteroatoms. The number of allylic oxidation sites excluding steroid dienone is 8. The van der Waals surface area contributed by atoms with Gasteiger partial charge in [-0.2, -0.15) is 0 Å². The van der Waals surface area contributed by atoms with E-state index in [0.29, 0.717) is 111 Å². The van der Waals surface area contributed by atoms with Crippen LogP contribution in [0, 0.1) is 0 Å². The topological polar surface area (TPSA) is 353 Å². The number of ether oxygens (including phenoxy) is 17. The Morgan fingerprint density at radius 2 is 0.720 bits per heavy atom. The zero-order valence-electron chi connectivity index (χ0n) is 79.1. The molecule has 12 saturated heterocycles. The smallest absolute Gasteiger partial charge is 0.302 e. The highest BCUT2D eigenvalue weighted by Gasteiger charge is 2.57. The van der Waals surface area contributed by atoms with E-state index in [9.17, 15) is 24.3 Å². The van der Waals surface area contributed by atoms with Gasteiger partial charge in [0.1, 0.15) is 0 Å². The van der Waals surface area contributed by atoms with Crippen LogP contribution in [-0.4, -0.2) is 253 Å². The highest BCUT2D eigenvalue weighted by Crippen LogP contribution is 2.50. The van der Waals surface area contributed by atoms with Crippen LogP contribution in [-0.2, 0) is 104 Å². The summed E-state index contributed by atoms with van der Waals surface area (Å²) in [4.78, 5) is 50.1. The second kappa shape index (κ2) is 46.1. The monoisotopic (exact) mass is 1780 g/mol. The number of esters is 1. The van der Waals surface area contributed by atoms with Gasteiger partial charge in [0.05, 0.1) is 185 Å². The van der Waals surface area contributed by atoms with Gasteiger partial charge in [0.2, 0.25) is 17.7 Å². The summed E-state index contributed by atoms with van der Waals surface area (Å²) < 4.78 is 105. The van der Waals surface area contributed by atoms with Crippen molar-refractivity contribution < 1.29 is 109 Å². The van der Waals surface area contributed by atoms with Crippen molar-refractivity contribution in [1.29, 1.82) is 0 Å². The number of aliphatic hydroxyl groups excluding tert-OH is 1. The molecule has 12 heterocycles. The molecule has 0 aromatic carbocycles. The molecule has 11 atom stereocenters. The Hall–Kier alpha value is -5.39. The highest BCUT2D eigenvalue weighted by molar-refractivity contribution is 6.74. The number of amides is 3. The minimum atomic E-state index is -1.82. The van der Waals surface area contributed by atoms with Gasteiger partial charge in [-0.25, -0.2) is 0 Å². The molecule has 0 radical (unpaired) electrons. The summed E-state index contributed by atoms with van der Waals surface area (Å²) >= 11 is 0. The fourth-order valence-corrected chi connectivity index (χ4v) is 18.5. The lowest BCUT2D eigenvalue weighted by molar-refractivity contribution is -0.188. The molecule has 0 unspecified atom stereocenters. The van der Waals surface area contributed by atoms with Gasteiger partial charge >= 0.3 is 5.97 Å². The van der Waals surface area contributed by atoms with E-state index in [2.05, 4.69) is 223 Å². The minimum Gasteiger partial charge on any atom is -0.463 e. The van der Waals surface area contributed by atoms with Gasteiger partial charge in [-0.15, -0.1) is 0 Å². The van der Waals surface area contributed by atoms with E-state index in [1.54, 1.807) is 13.8 Å². The summed E-state index contributed by atoms with van der Waals surface area (Å²) in [6, 6.07) is -0.660. The van der Waals surface area contributed by atoms with Crippen LogP contribution in [0.25, 0.3) is 10.4 Å². The molecule has 4 spiro atoms. The molecule has 0 bridgehead atoms. The maximum Gasteiger partial charge on any atom is 0.302 e. The van der Waals surface area contributed by atoms with Gasteiger partial charge in [0, 0.05) is 114 Å². The Morgan fingerprint density at radius 1 is 0.456 bits per heavy atom. The molecule has 0 saturated carbocycles. The molecule has 0 aromatic heterocycles. The molecule has 12 fully saturated rings. The largest absolute Gasteiger partial charge is 0.463 e. The third kappa shape index (κ3) is 37.8. The fraction of sp³-hybridized carbons (Fsp3) is 0.789. The van der Waals surface area contributed by atoms with Crippen LogP contribution in [0.2, 0.25) is 18.1 Å². The molecule has 125 heavy (non-hydrogen) atoms. The Labute approximate surface area is 745 Å². The molecule has 12 aliphatic rings. The zero-order chi connectivity index (χ0) is 91.2. The summed E-state index contributed by atoms with van der Waals surface area (Å²) in [5.74, 6) is -0.500. The highest BCUT2D eigenvalue weighted by atomic mass is 28.4. The summed E-state index contributed by atoms with van der Waals surface area (Å²) in [5.41, 5.74) is 12.4. The van der Waals surface area contributed by atoms with E-state index in [1.807, 2.05) is 0 Å². The first-order valence-electron chi connectivity index (χ1n) is 45.7. The van der Waals surface area contributed by atoms with E-state index in [1.165, 1.54) is 6.92 Å². The van der Waals surface area contributed by atoms with Crippen molar-refractivity contribution in [2.24, 2.45) is 5.11 Å². The van der Waals surface area contributed by atoms with Crippen LogP contribution in [0.15, 0.2) is 100 Å². The zero-order valence-corrected chi connectivity index (χ0v) is 80.1. The number of hydrogen-bond donors (Lipinski definition) is 4. The second-order valence-electron chi connectivity index (χ2n) is 40.9. The first-order valence-corrected chi connectivity index (χ1v) is 48.6. The number of azide groups is 1. The van der Waals surface area contributed by atoms with Gasteiger partial charge < -0.3 is 106 Å². The maximum absolute atomic E-state index is 12.5. The Balaban J connectivity index is 0.000000190. The molecule has 0 aromatic rings. The van der Waals surface area contributed by atoms with Crippen molar-refractivity contribution in [2.45, 2.75) is 402 Å². The molecular formula is C95H154N6O23Si. The van der Waals surface area contributed by atoms with Gasteiger partial charge in [-0.1, -0.05) is 121 Å². The quantitative estimate of drug-likeness (QED) is 0.00924. The van der Waals surface area contributed by atoms with Crippen LogP contribution >= 0.6 is 0 Å². The SMILES string of the molecule is CC(/C=C/[C@@H]1C[C@]2(CO2)CC(C)(C)O1)=C\CC1OCC(N=[N+]=[N-])CO1.CC(/C=C/[C@@H]1C[C@]2(CO2)CC(C)(C)O1)=C\CC1OCC(NC(=O)CC[C@H](C)O)CO1.CC(/C=C/[C@@H]1C[C@]2(CO2)CC(C)(C)O1)=C\CC1OCC(NC(=O)CC[C@H](C)O[Si](C)(C)C(C)(C)C)CO1.CC(=O)O[C@@H](C)CCC(=O)NC1COC(C/C=C(C)/C=C/[C@@H]2C[C@]3(CO3)CC(C)(C)O2)OC1. The average Bonchev–Trinajstić information content (AvgIpc) is 1.63. The number of epoxide rings is 4. The van der Waals surface area contributed by atoms with E-state index in [0.717, 1.165) is 100 Å². The Kier molecular flexibility index (Phi) is 38.1. The number of hydrogen-bond acceptors (Lipinski definition) is 24. The van der Waals surface area contributed by atoms with Gasteiger partial charge in [-0.3, -0.25) is 19.2 Å². The van der Waals surface area contributed by atoms with Crippen LogP contribution < -0.4 is 16.0 Å². The first kappa shape index (κ1) is 103. The van der Waals surface area contributed by atoms with Crippen LogP contribution in [0.1, 0.15) is 247 Å². The van der Waals surface area contributed by atoms with Crippen molar-refractivity contribution in [2.75, 3.05) is 79.3 Å². The van der Waals surface area contributed by atoms with Crippen LogP contribution in [0.3, 0.4) is 0 Å². The third-order valence-corrected chi connectivity index (χ3v) is 29.0. The molecular weight excluding hydrogens is 1620 g/mol. The summed E-state index contributed by atoms with van der Waals surface area (Å²) in [7, 11) is -1.82. The van der Waals surface area contributed by atoms with Crippen molar-refractivity contribution in [3.63, 3.8) is 0 Å². The van der Waals surface area contributed by atoms with Crippen molar-refractivity contribution in [1.82, 2.24) is 16.0 Å². The predicted octanol–water partition coefficient (Wildman–Crippen LogP) is 15.1. The summed E-state index contributed by atoms with van der Waals surface area (Å²) in [6.07, 6.45) is 36.5. The van der Waals surface area contributed by atoms with E-state index < -0.39 is 14.4 Å². The third-order valence-electron chi connectivity index (χ3n) is 24.4. The Morgan fingerprint density at radius 3 is 0.968 bits per heavy atom. The summed E-state index contributed by atoms with van der Waals surface area (Å²) in [6.45, 7) is 50.1. The van der Waals surface area contributed by atoms with E-state index in [-0.39, 0.29) is 166 Å². The van der Waals surface area contributed by atoms with Crippen molar-refractivity contribution in [3.05, 3.63) is 106 Å².